The molecule has 0 aliphatic carbocycles. The van der Waals surface area contributed by atoms with E-state index in [4.69, 9.17) is 16.3 Å². The van der Waals surface area contributed by atoms with Gasteiger partial charge in [-0.2, -0.15) is 0 Å². The van der Waals surface area contributed by atoms with Gasteiger partial charge in [0.15, 0.2) is 0 Å². The summed E-state index contributed by atoms with van der Waals surface area (Å²) >= 11 is 6.10. The molecule has 1 fully saturated rings. The van der Waals surface area contributed by atoms with Crippen LogP contribution in [-0.4, -0.2) is 35.7 Å². The summed E-state index contributed by atoms with van der Waals surface area (Å²) in [6, 6.07) is 3.78. The average molecular weight is 282 g/mol. The van der Waals surface area contributed by atoms with Crippen LogP contribution in [0.5, 0.6) is 5.75 Å². The molecule has 1 saturated heterocycles. The van der Waals surface area contributed by atoms with Crippen LogP contribution in [-0.2, 0) is 0 Å². The topological polar surface area (TPSA) is 32.7 Å². The van der Waals surface area contributed by atoms with Crippen molar-refractivity contribution in [3.8, 4) is 5.75 Å². The fourth-order valence-electron chi connectivity index (χ4n) is 3.19. The minimum Gasteiger partial charge on any atom is -0.491 e. The third kappa shape index (κ3) is 2.47. The predicted molar refractivity (Wildman–Crippen MR) is 75.9 cm³/mol. The quantitative estimate of drug-likeness (QED) is 0.859. The summed E-state index contributed by atoms with van der Waals surface area (Å²) in [6.45, 7) is 4.65. The van der Waals surface area contributed by atoms with Crippen molar-refractivity contribution < 1.29 is 9.84 Å². The lowest BCUT2D eigenvalue weighted by molar-refractivity contribution is -0.00460. The number of aryl methyl sites for hydroxylation is 1. The van der Waals surface area contributed by atoms with Crippen molar-refractivity contribution in [2.45, 2.75) is 38.3 Å². The molecule has 19 heavy (non-hydrogen) atoms. The standard InChI is InChI=1S/C15H20ClNO2/c1-10-7-11(16)8-12-14(18)13(9-19-15(10)12)17-5-3-2-4-6-17/h7-8,13-14,18H,2-6,9H2,1H3. The van der Waals surface area contributed by atoms with Gasteiger partial charge in [-0.05, 0) is 50.6 Å². The van der Waals surface area contributed by atoms with Crippen LogP contribution in [0.2, 0.25) is 5.02 Å². The van der Waals surface area contributed by atoms with Crippen LogP contribution in [0.25, 0.3) is 0 Å². The Morgan fingerprint density at radius 3 is 2.74 bits per heavy atom. The van der Waals surface area contributed by atoms with E-state index in [1.54, 1.807) is 0 Å². The Morgan fingerprint density at radius 1 is 1.26 bits per heavy atom. The summed E-state index contributed by atoms with van der Waals surface area (Å²) in [4.78, 5) is 2.35. The molecule has 2 aliphatic rings. The molecular formula is C15H20ClNO2. The van der Waals surface area contributed by atoms with Gasteiger partial charge in [-0.15, -0.1) is 0 Å². The molecule has 2 atom stereocenters. The maximum atomic E-state index is 10.6. The SMILES string of the molecule is Cc1cc(Cl)cc2c1OCC(N1CCCCC1)C2O. The second-order valence-electron chi connectivity index (χ2n) is 5.56. The third-order valence-electron chi connectivity index (χ3n) is 4.21. The fourth-order valence-corrected chi connectivity index (χ4v) is 3.48. The molecule has 1 N–H and O–H groups in total. The second kappa shape index (κ2) is 5.31. The number of ether oxygens (including phenoxy) is 1. The molecule has 3 nitrogen and oxygen atoms in total. The highest BCUT2D eigenvalue weighted by Gasteiger charge is 2.35. The lowest BCUT2D eigenvalue weighted by Crippen LogP contribution is -2.48. The molecule has 0 radical (unpaired) electrons. The largest absolute Gasteiger partial charge is 0.491 e. The van der Waals surface area contributed by atoms with Crippen molar-refractivity contribution >= 4 is 11.6 Å². The molecule has 0 saturated carbocycles. The highest BCUT2D eigenvalue weighted by Crippen LogP contribution is 2.39. The zero-order valence-corrected chi connectivity index (χ0v) is 12.0. The van der Waals surface area contributed by atoms with E-state index >= 15 is 0 Å². The van der Waals surface area contributed by atoms with Crippen molar-refractivity contribution in [1.82, 2.24) is 4.90 Å². The van der Waals surface area contributed by atoms with Gasteiger partial charge in [0.25, 0.3) is 0 Å². The number of piperidine rings is 1. The number of rotatable bonds is 1. The van der Waals surface area contributed by atoms with Crippen molar-refractivity contribution in [2.24, 2.45) is 0 Å². The van der Waals surface area contributed by atoms with Crippen molar-refractivity contribution in [3.63, 3.8) is 0 Å². The zero-order valence-electron chi connectivity index (χ0n) is 11.2. The van der Waals surface area contributed by atoms with Gasteiger partial charge in [-0.1, -0.05) is 18.0 Å². The monoisotopic (exact) mass is 281 g/mol. The van der Waals surface area contributed by atoms with Gasteiger partial charge >= 0.3 is 0 Å². The van der Waals surface area contributed by atoms with E-state index in [1.807, 2.05) is 19.1 Å². The van der Waals surface area contributed by atoms with E-state index in [9.17, 15) is 5.11 Å². The Hall–Kier alpha value is -0.770. The number of aliphatic hydroxyl groups excluding tert-OH is 1. The predicted octanol–water partition coefficient (Wildman–Crippen LogP) is 2.93. The molecule has 4 heteroatoms. The first-order valence-electron chi connectivity index (χ1n) is 7.02. The highest BCUT2D eigenvalue weighted by molar-refractivity contribution is 6.30. The molecule has 0 spiro atoms. The van der Waals surface area contributed by atoms with E-state index < -0.39 is 6.10 Å². The molecule has 2 aliphatic heterocycles. The first-order valence-corrected chi connectivity index (χ1v) is 7.39. The van der Waals surface area contributed by atoms with Gasteiger partial charge in [-0.3, -0.25) is 4.90 Å². The molecule has 2 heterocycles. The number of hydrogen-bond acceptors (Lipinski definition) is 3. The molecule has 104 valence electrons. The maximum absolute atomic E-state index is 10.6. The molecule has 1 aromatic carbocycles. The van der Waals surface area contributed by atoms with Gasteiger partial charge < -0.3 is 9.84 Å². The summed E-state index contributed by atoms with van der Waals surface area (Å²) in [5.41, 5.74) is 1.84. The molecule has 0 bridgehead atoms. The Morgan fingerprint density at radius 2 is 2.00 bits per heavy atom. The Bertz CT molecular complexity index is 471. The summed E-state index contributed by atoms with van der Waals surface area (Å²) in [7, 11) is 0. The van der Waals surface area contributed by atoms with Crippen molar-refractivity contribution in [1.29, 1.82) is 0 Å². The van der Waals surface area contributed by atoms with Gasteiger partial charge in [-0.25, -0.2) is 0 Å². The lowest BCUT2D eigenvalue weighted by Gasteiger charge is -2.40. The number of nitrogens with zero attached hydrogens (tertiary/aromatic N) is 1. The molecule has 2 unspecified atom stereocenters. The van der Waals surface area contributed by atoms with Gasteiger partial charge in [0.05, 0.1) is 6.04 Å². The Labute approximate surface area is 119 Å². The van der Waals surface area contributed by atoms with Gasteiger partial charge in [0.1, 0.15) is 18.5 Å². The average Bonchev–Trinajstić information content (AvgIpc) is 2.41. The van der Waals surface area contributed by atoms with Crippen molar-refractivity contribution in [2.75, 3.05) is 19.7 Å². The third-order valence-corrected chi connectivity index (χ3v) is 4.43. The number of hydrogen-bond donors (Lipinski definition) is 1. The van der Waals surface area contributed by atoms with Gasteiger partial charge in [0, 0.05) is 10.6 Å². The molecule has 0 amide bonds. The summed E-state index contributed by atoms with van der Waals surface area (Å²) in [5, 5.41) is 11.3. The van der Waals surface area contributed by atoms with Crippen LogP contribution >= 0.6 is 11.6 Å². The lowest BCUT2D eigenvalue weighted by atomic mass is 9.94. The fraction of sp³-hybridized carbons (Fsp3) is 0.600. The van der Waals surface area contributed by atoms with E-state index in [-0.39, 0.29) is 6.04 Å². The van der Waals surface area contributed by atoms with E-state index in [2.05, 4.69) is 4.90 Å². The number of benzene rings is 1. The Balaban J connectivity index is 1.88. The number of fused-ring (bicyclic) bond motifs is 1. The van der Waals surface area contributed by atoms with Crippen LogP contribution in [0.1, 0.15) is 36.5 Å². The van der Waals surface area contributed by atoms with E-state index in [0.717, 1.165) is 30.0 Å². The highest BCUT2D eigenvalue weighted by atomic mass is 35.5. The molecule has 1 aromatic rings. The molecular weight excluding hydrogens is 262 g/mol. The van der Waals surface area contributed by atoms with Crippen LogP contribution < -0.4 is 4.74 Å². The second-order valence-corrected chi connectivity index (χ2v) is 6.00. The molecule has 0 aromatic heterocycles. The normalized spacial score (nSPS) is 27.7. The Kier molecular flexibility index (Phi) is 3.70. The smallest absolute Gasteiger partial charge is 0.128 e. The van der Waals surface area contributed by atoms with Crippen LogP contribution in [0, 0.1) is 6.92 Å². The minimum absolute atomic E-state index is 0.0608. The van der Waals surface area contributed by atoms with Crippen molar-refractivity contribution in [3.05, 3.63) is 28.3 Å². The summed E-state index contributed by atoms with van der Waals surface area (Å²) in [6.07, 6.45) is 3.22. The minimum atomic E-state index is -0.501. The number of likely N-dealkylation sites (tertiary alicyclic amines) is 1. The van der Waals surface area contributed by atoms with Gasteiger partial charge in [0.2, 0.25) is 0 Å². The zero-order chi connectivity index (χ0) is 13.4. The molecule has 3 rings (SSSR count). The summed E-state index contributed by atoms with van der Waals surface area (Å²) < 4.78 is 5.89. The van der Waals surface area contributed by atoms with E-state index in [1.165, 1.54) is 19.3 Å². The van der Waals surface area contributed by atoms with Crippen LogP contribution in [0.4, 0.5) is 0 Å². The number of halogens is 1. The maximum Gasteiger partial charge on any atom is 0.128 e. The summed E-state index contributed by atoms with van der Waals surface area (Å²) in [5.74, 6) is 0.810. The first-order chi connectivity index (χ1) is 9.16. The van der Waals surface area contributed by atoms with E-state index in [0.29, 0.717) is 11.6 Å². The van der Waals surface area contributed by atoms with Crippen LogP contribution in [0.15, 0.2) is 12.1 Å². The number of aliphatic hydroxyl groups is 1. The first kappa shape index (κ1) is 13.2. The van der Waals surface area contributed by atoms with Crippen LogP contribution in [0.3, 0.4) is 0 Å².